The number of nitrogens with one attached hydrogen (secondary N) is 1. The van der Waals surface area contributed by atoms with E-state index in [1.54, 1.807) is 11.3 Å². The number of thiophene rings is 1. The first-order chi connectivity index (χ1) is 12.7. The second kappa shape index (κ2) is 6.38. The molecule has 2 aromatic heterocycles. The Labute approximate surface area is 164 Å². The van der Waals surface area contributed by atoms with Gasteiger partial charge in [0.2, 0.25) is 0 Å². The minimum atomic E-state index is -2.59. The van der Waals surface area contributed by atoms with Crippen molar-refractivity contribution in [1.29, 1.82) is 0 Å². The molecule has 144 valence electrons. The summed E-state index contributed by atoms with van der Waals surface area (Å²) in [6.07, 6.45) is 3.36. The van der Waals surface area contributed by atoms with Crippen molar-refractivity contribution in [2.45, 2.75) is 37.4 Å². The molecule has 1 aliphatic rings. The molecule has 3 aromatic rings. The molecule has 0 spiro atoms. The number of fused-ring (bicyclic) bond motifs is 1. The number of carbonyl (C=O) groups is 1. The molecule has 1 aromatic carbocycles. The number of H-pyrrole nitrogens is 1. The number of hydrogen-bond donors (Lipinski definition) is 4. The van der Waals surface area contributed by atoms with E-state index in [1.165, 1.54) is 0 Å². The predicted molar refractivity (Wildman–Crippen MR) is 114 cm³/mol. The van der Waals surface area contributed by atoms with E-state index in [2.05, 4.69) is 16.4 Å². The average Bonchev–Trinajstić information content (AvgIpc) is 3.25. The quantitative estimate of drug-likeness (QED) is 0.470. The van der Waals surface area contributed by atoms with Crippen LogP contribution in [0.1, 0.15) is 48.5 Å². The van der Waals surface area contributed by atoms with Crippen molar-refractivity contribution >= 4 is 38.7 Å². The molecule has 1 saturated heterocycles. The fourth-order valence-corrected chi connectivity index (χ4v) is 6.36. The number of carbonyl (C=O) groups excluding carboxylic acids is 1. The zero-order valence-electron chi connectivity index (χ0n) is 15.4. The molecule has 5 N–H and O–H groups in total. The first kappa shape index (κ1) is 18.6. The third-order valence-corrected chi connectivity index (χ3v) is 9.18. The monoisotopic (exact) mass is 404 g/mol. The largest absolute Gasteiger partial charge is 0.366 e. The Morgan fingerprint density at radius 2 is 2.11 bits per heavy atom. The zero-order valence-corrected chi connectivity index (χ0v) is 17.0. The lowest BCUT2D eigenvalue weighted by Gasteiger charge is -2.52. The van der Waals surface area contributed by atoms with Crippen LogP contribution < -0.4 is 5.73 Å². The third kappa shape index (κ3) is 3.08. The summed E-state index contributed by atoms with van der Waals surface area (Å²) in [5.74, 6) is 0.153. The Hall–Kier alpha value is -1.80. The summed E-state index contributed by atoms with van der Waals surface area (Å²) in [4.78, 5) is 15.3. The molecule has 0 bridgehead atoms. The maximum Gasteiger partial charge on any atom is 0.250 e. The highest BCUT2D eigenvalue weighted by molar-refractivity contribution is 8.25. The highest BCUT2D eigenvalue weighted by atomic mass is 32.3. The molecular weight excluding hydrogens is 380 g/mol. The minimum Gasteiger partial charge on any atom is -0.366 e. The highest BCUT2D eigenvalue weighted by Crippen LogP contribution is 2.61. The van der Waals surface area contributed by atoms with Crippen LogP contribution in [-0.2, 0) is 0 Å². The zero-order chi connectivity index (χ0) is 19.4. The van der Waals surface area contributed by atoms with Crippen molar-refractivity contribution in [3.05, 3.63) is 46.3 Å². The Bertz CT molecular complexity index is 1010. The molecule has 27 heavy (non-hydrogen) atoms. The SMILES string of the molecule is CC1(C)CC(c2c[nH]c3c(C(N)=O)cc(-c4ccsc4)cc23)CCS1(O)O. The Balaban J connectivity index is 1.84. The topological polar surface area (TPSA) is 99.3 Å². The van der Waals surface area contributed by atoms with Gasteiger partial charge in [-0.15, -0.1) is 0 Å². The molecule has 4 rings (SSSR count). The first-order valence-electron chi connectivity index (χ1n) is 8.92. The summed E-state index contributed by atoms with van der Waals surface area (Å²) in [5, 5.41) is 5.06. The molecule has 0 aliphatic carbocycles. The molecule has 1 atom stereocenters. The minimum absolute atomic E-state index is 0.201. The number of rotatable bonds is 3. The number of benzene rings is 1. The summed E-state index contributed by atoms with van der Waals surface area (Å²) in [7, 11) is -2.59. The fraction of sp³-hybridized carbons (Fsp3) is 0.350. The number of aromatic amines is 1. The van der Waals surface area contributed by atoms with Crippen LogP contribution >= 0.6 is 21.9 Å². The molecule has 1 aliphatic heterocycles. The molecule has 1 fully saturated rings. The lowest BCUT2D eigenvalue weighted by atomic mass is 9.86. The van der Waals surface area contributed by atoms with Gasteiger partial charge in [-0.2, -0.15) is 21.9 Å². The lowest BCUT2D eigenvalue weighted by Crippen LogP contribution is -2.36. The number of nitrogens with two attached hydrogens (primary N) is 1. The number of aromatic nitrogens is 1. The summed E-state index contributed by atoms with van der Waals surface area (Å²) in [5.41, 5.74) is 10.0. The van der Waals surface area contributed by atoms with Gasteiger partial charge in [-0.05, 0) is 78.3 Å². The molecule has 1 unspecified atom stereocenters. The van der Waals surface area contributed by atoms with Crippen LogP contribution in [0.5, 0.6) is 0 Å². The molecule has 0 saturated carbocycles. The van der Waals surface area contributed by atoms with E-state index < -0.39 is 21.2 Å². The molecule has 0 radical (unpaired) electrons. The standard InChI is InChI=1S/C20H24N2O3S2/c1-20(2)9-12(4-6-27(20,24)25)17-10-22-18-15(17)7-14(8-16(18)19(21)23)13-3-5-26-11-13/h3,5,7-8,10-12,22,24-25H,4,6,9H2,1-2H3,(H2,21,23). The average molecular weight is 405 g/mol. The summed E-state index contributed by atoms with van der Waals surface area (Å²) in [6.45, 7) is 3.85. The van der Waals surface area contributed by atoms with E-state index in [4.69, 9.17) is 5.73 Å². The van der Waals surface area contributed by atoms with Gasteiger partial charge in [0.25, 0.3) is 5.91 Å². The van der Waals surface area contributed by atoms with Gasteiger partial charge in [0.05, 0.1) is 15.8 Å². The van der Waals surface area contributed by atoms with Gasteiger partial charge in [0.15, 0.2) is 0 Å². The number of hydrogen-bond acceptors (Lipinski definition) is 4. The van der Waals surface area contributed by atoms with Gasteiger partial charge >= 0.3 is 0 Å². The summed E-state index contributed by atoms with van der Waals surface area (Å²) >= 11 is 1.61. The molecule has 5 nitrogen and oxygen atoms in total. The normalized spacial score (nSPS) is 22.6. The van der Waals surface area contributed by atoms with Crippen molar-refractivity contribution in [1.82, 2.24) is 4.98 Å². The number of primary amides is 1. The van der Waals surface area contributed by atoms with Crippen molar-refractivity contribution in [3.63, 3.8) is 0 Å². The van der Waals surface area contributed by atoms with Crippen molar-refractivity contribution in [2.24, 2.45) is 5.73 Å². The van der Waals surface area contributed by atoms with Gasteiger partial charge in [0, 0.05) is 17.3 Å². The van der Waals surface area contributed by atoms with Crippen molar-refractivity contribution < 1.29 is 13.9 Å². The van der Waals surface area contributed by atoms with E-state index in [1.807, 2.05) is 37.6 Å². The second-order valence-corrected chi connectivity index (χ2v) is 11.5. The van der Waals surface area contributed by atoms with Gasteiger partial charge in [-0.25, -0.2) is 0 Å². The van der Waals surface area contributed by atoms with Crippen LogP contribution in [0, 0.1) is 0 Å². The Morgan fingerprint density at radius 3 is 2.74 bits per heavy atom. The van der Waals surface area contributed by atoms with Gasteiger partial charge in [-0.1, -0.05) is 0 Å². The number of amides is 1. The van der Waals surface area contributed by atoms with Gasteiger partial charge in [0.1, 0.15) is 0 Å². The lowest BCUT2D eigenvalue weighted by molar-refractivity contribution is 0.100. The molecule has 1 amide bonds. The van der Waals surface area contributed by atoms with Crippen LogP contribution in [0.15, 0.2) is 35.2 Å². The van der Waals surface area contributed by atoms with Crippen LogP contribution in [0.4, 0.5) is 0 Å². The Morgan fingerprint density at radius 1 is 1.33 bits per heavy atom. The van der Waals surface area contributed by atoms with E-state index in [0.717, 1.165) is 27.6 Å². The maximum absolute atomic E-state index is 12.1. The fourth-order valence-electron chi connectivity index (χ4n) is 4.06. The predicted octanol–water partition coefficient (Wildman–Crippen LogP) is 5.40. The van der Waals surface area contributed by atoms with Crippen molar-refractivity contribution in [3.8, 4) is 11.1 Å². The van der Waals surface area contributed by atoms with E-state index in [9.17, 15) is 13.9 Å². The molecule has 7 heteroatoms. The second-order valence-electron chi connectivity index (χ2n) is 7.89. The molecular formula is C20H24N2O3S2. The van der Waals surface area contributed by atoms with Crippen molar-refractivity contribution in [2.75, 3.05) is 5.75 Å². The van der Waals surface area contributed by atoms with Crippen LogP contribution in [0.3, 0.4) is 0 Å². The van der Waals surface area contributed by atoms with Crippen LogP contribution in [0.2, 0.25) is 0 Å². The summed E-state index contributed by atoms with van der Waals surface area (Å²) < 4.78 is 20.2. The smallest absolute Gasteiger partial charge is 0.250 e. The maximum atomic E-state index is 12.1. The highest BCUT2D eigenvalue weighted by Gasteiger charge is 2.41. The summed E-state index contributed by atoms with van der Waals surface area (Å²) in [6, 6.07) is 5.98. The van der Waals surface area contributed by atoms with Crippen LogP contribution in [0.25, 0.3) is 22.0 Å². The van der Waals surface area contributed by atoms with Gasteiger partial charge in [-0.3, -0.25) is 13.9 Å². The van der Waals surface area contributed by atoms with E-state index in [-0.39, 0.29) is 5.92 Å². The van der Waals surface area contributed by atoms with Crippen LogP contribution in [-0.4, -0.2) is 30.5 Å². The van der Waals surface area contributed by atoms with E-state index in [0.29, 0.717) is 24.2 Å². The van der Waals surface area contributed by atoms with E-state index >= 15 is 0 Å². The first-order valence-corrected chi connectivity index (χ1v) is 11.6. The third-order valence-electron chi connectivity index (χ3n) is 5.76. The Kier molecular flexibility index (Phi) is 4.38. The van der Waals surface area contributed by atoms with Gasteiger partial charge < -0.3 is 10.7 Å². The molecule has 3 heterocycles.